The van der Waals surface area contributed by atoms with Gasteiger partial charge in [0.1, 0.15) is 23.0 Å². The number of fused-ring (bicyclic) bond motifs is 2. The van der Waals surface area contributed by atoms with Crippen molar-refractivity contribution in [3.8, 4) is 23.0 Å². The first-order valence-electron chi connectivity index (χ1n) is 22.2. The molecule has 3 aromatic carbocycles. The fourth-order valence-corrected chi connectivity index (χ4v) is 9.32. The number of aromatic amines is 2. The molecule has 20 heteroatoms. The number of H-pyrrole nitrogens is 2. The smallest absolute Gasteiger partial charge is 0.322 e. The Bertz CT molecular complexity index is 2720. The number of benzene rings is 3. The number of nitrogen functional groups attached to an aromatic ring is 1. The van der Waals surface area contributed by atoms with Crippen LogP contribution in [0.4, 0.5) is 5.69 Å². The Labute approximate surface area is 414 Å². The predicted octanol–water partition coefficient (Wildman–Crippen LogP) is 7.89. The minimum atomic E-state index is -1.33. The molecule has 5 N–H and O–H groups in total. The van der Waals surface area contributed by atoms with Crippen LogP contribution in [-0.4, -0.2) is 118 Å². The average molecular weight is 1000 g/mol. The topological polar surface area (TPSA) is 234 Å². The second-order valence-electron chi connectivity index (χ2n) is 15.4. The average Bonchev–Trinajstić information content (AvgIpc) is 4.00. The highest BCUT2D eigenvalue weighted by Crippen LogP contribution is 2.30. The monoisotopic (exact) mass is 1000 g/mol. The lowest BCUT2D eigenvalue weighted by molar-refractivity contribution is 0.0946. The number of ether oxygens (including phenoxy) is 5. The molecule has 0 aliphatic rings. The zero-order valence-electron chi connectivity index (χ0n) is 40.6. The number of carbonyl (C=O) groups excluding carboxylic acids is 1. The standard InChI is InChI=1S/C18H21N3O3S.C17H19N3O3S.C14H22ClN3O2/c1-13-16(19-9-8-17(13)24-11-5-10-23-2)12-25(22)18-20-14-6-3-4-7-15(14)21-18;1-10-8-18-15(11(2)16(10)23-4)9-24(21)17-19-13-6-5-12(22-3)7-14(13)20-17;1-4-18(5-2)7-6-17-14(19)10-8-11(15)12(16)9-13(10)20-3/h3-4,6-9H,5,10-12H2,1-2H3,(H,20,21);5-8H,9H2,1-4H3,(H,19,20);8-9H,4-7,16H2,1-3H3,(H,17,19). The number of methoxy groups -OCH3 is 4. The third-order valence-corrected chi connectivity index (χ3v) is 13.6. The number of nitrogens with two attached hydrogens (primary N) is 1. The number of anilines is 1. The molecule has 0 bridgehead atoms. The van der Waals surface area contributed by atoms with E-state index in [1.54, 1.807) is 39.8 Å². The van der Waals surface area contributed by atoms with Gasteiger partial charge in [0.05, 0.1) is 77.7 Å². The molecule has 2 atom stereocenters. The lowest BCUT2D eigenvalue weighted by atomic mass is 10.1. The molecule has 69 heavy (non-hydrogen) atoms. The molecule has 0 spiro atoms. The molecule has 17 nitrogen and oxygen atoms in total. The van der Waals surface area contributed by atoms with E-state index in [4.69, 9.17) is 41.0 Å². The Kier molecular flexibility index (Phi) is 21.0. The molecule has 2 unspecified atom stereocenters. The van der Waals surface area contributed by atoms with Crippen LogP contribution < -0.4 is 30.0 Å². The van der Waals surface area contributed by atoms with E-state index in [2.05, 4.69) is 54.0 Å². The summed E-state index contributed by atoms with van der Waals surface area (Å²) in [4.78, 5) is 38.2. The third-order valence-electron chi connectivity index (χ3n) is 10.9. The highest BCUT2D eigenvalue weighted by atomic mass is 35.5. The van der Waals surface area contributed by atoms with Crippen molar-refractivity contribution in [2.24, 2.45) is 0 Å². The Morgan fingerprint density at radius 2 is 1.46 bits per heavy atom. The van der Waals surface area contributed by atoms with E-state index in [1.165, 1.54) is 13.2 Å². The van der Waals surface area contributed by atoms with Crippen molar-refractivity contribution >= 4 is 67.6 Å². The van der Waals surface area contributed by atoms with E-state index in [0.29, 0.717) is 63.6 Å². The van der Waals surface area contributed by atoms with Crippen molar-refractivity contribution in [2.45, 2.75) is 62.9 Å². The number of carbonyl (C=O) groups is 1. The zero-order valence-corrected chi connectivity index (χ0v) is 43.0. The van der Waals surface area contributed by atoms with Crippen LogP contribution in [0, 0.1) is 20.8 Å². The minimum absolute atomic E-state index is 0.212. The Balaban J connectivity index is 0.000000195. The Morgan fingerprint density at radius 3 is 2.10 bits per heavy atom. The van der Waals surface area contributed by atoms with Crippen molar-refractivity contribution in [1.82, 2.24) is 40.1 Å². The van der Waals surface area contributed by atoms with Crippen molar-refractivity contribution < 1.29 is 37.6 Å². The maximum absolute atomic E-state index is 12.7. The summed E-state index contributed by atoms with van der Waals surface area (Å²) in [6.45, 7) is 14.5. The van der Waals surface area contributed by atoms with Gasteiger partial charge < -0.3 is 48.7 Å². The lowest BCUT2D eigenvalue weighted by Gasteiger charge is -2.18. The molecule has 0 saturated carbocycles. The number of likely N-dealkylation sites (N-methyl/N-ethyl adjacent to an activating group) is 1. The summed E-state index contributed by atoms with van der Waals surface area (Å²) in [6.07, 6.45) is 4.24. The highest BCUT2D eigenvalue weighted by Gasteiger charge is 2.23. The van der Waals surface area contributed by atoms with Gasteiger partial charge in [0.2, 0.25) is 0 Å². The fourth-order valence-electron chi connectivity index (χ4n) is 6.96. The van der Waals surface area contributed by atoms with Crippen LogP contribution in [0.3, 0.4) is 0 Å². The van der Waals surface area contributed by atoms with Crippen molar-refractivity contribution in [1.29, 1.82) is 0 Å². The van der Waals surface area contributed by atoms with E-state index in [-0.39, 0.29) is 11.7 Å². The van der Waals surface area contributed by atoms with Crippen molar-refractivity contribution in [3.05, 3.63) is 112 Å². The molecular formula is C49H62ClN9O8S2. The normalized spacial score (nSPS) is 11.9. The van der Waals surface area contributed by atoms with E-state index in [1.807, 2.05) is 69.3 Å². The number of nitrogens with one attached hydrogen (secondary N) is 3. The molecule has 4 heterocycles. The number of aryl methyl sites for hydroxylation is 1. The van der Waals surface area contributed by atoms with Gasteiger partial charge in [-0.2, -0.15) is 9.97 Å². The molecule has 0 radical (unpaired) electrons. The minimum Gasteiger partial charge on any atom is -0.609 e. The van der Waals surface area contributed by atoms with Gasteiger partial charge in [-0.25, -0.2) is 0 Å². The van der Waals surface area contributed by atoms with Gasteiger partial charge in [-0.1, -0.05) is 37.6 Å². The summed E-state index contributed by atoms with van der Waals surface area (Å²) in [6, 6.07) is 18.1. The molecule has 370 valence electrons. The number of aromatic nitrogens is 6. The summed E-state index contributed by atoms with van der Waals surface area (Å²) in [7, 11) is 6.40. The first-order valence-corrected chi connectivity index (χ1v) is 25.2. The first-order chi connectivity index (χ1) is 33.2. The molecule has 7 aromatic rings. The maximum Gasteiger partial charge on any atom is 0.322 e. The molecule has 1 amide bonds. The SMILES string of the molecule is CCN(CC)CCNC(=O)c1cc(Cl)c(N)cc1OC.COCCCOc1ccnc(C[S+]([O-])c2nc3ccccc3[nH]2)c1C.COc1ccc2[nH]c([S+]([O-])Cc3ncc(C)c(OC)c3C)nc2c1. The molecule has 7 rings (SSSR count). The van der Waals surface area contributed by atoms with Crippen LogP contribution in [0.5, 0.6) is 23.0 Å². The van der Waals surface area contributed by atoms with Crippen LogP contribution in [0.2, 0.25) is 5.02 Å². The number of halogens is 1. The van der Waals surface area contributed by atoms with Gasteiger partial charge in [0.25, 0.3) is 5.91 Å². The number of amides is 1. The van der Waals surface area contributed by atoms with Crippen LogP contribution >= 0.6 is 11.6 Å². The quantitative estimate of drug-likeness (QED) is 0.0323. The van der Waals surface area contributed by atoms with Crippen LogP contribution in [0.1, 0.15) is 58.7 Å². The van der Waals surface area contributed by atoms with Gasteiger partial charge in [-0.15, -0.1) is 0 Å². The molecular weight excluding hydrogens is 942 g/mol. The number of pyridine rings is 2. The second-order valence-corrected chi connectivity index (χ2v) is 18.6. The summed E-state index contributed by atoms with van der Waals surface area (Å²) >= 11 is 3.32. The van der Waals surface area contributed by atoms with Gasteiger partial charge in [0.15, 0.2) is 11.5 Å². The van der Waals surface area contributed by atoms with E-state index in [9.17, 15) is 13.9 Å². The molecule has 0 fully saturated rings. The molecule has 0 saturated heterocycles. The van der Waals surface area contributed by atoms with E-state index >= 15 is 0 Å². The fraction of sp³-hybridized carbons (Fsp3) is 0.367. The maximum atomic E-state index is 12.7. The Hall–Kier alpha value is -5.80. The van der Waals surface area contributed by atoms with Crippen LogP contribution in [0.25, 0.3) is 22.1 Å². The number of nitrogens with zero attached hydrogens (tertiary/aromatic N) is 5. The molecule has 4 aromatic heterocycles. The first kappa shape index (κ1) is 54.1. The van der Waals surface area contributed by atoms with E-state index in [0.717, 1.165) is 87.7 Å². The number of hydrogen-bond acceptors (Lipinski definition) is 14. The summed E-state index contributed by atoms with van der Waals surface area (Å²) < 4.78 is 51.9. The molecule has 0 aliphatic carbocycles. The Morgan fingerprint density at radius 1 is 0.797 bits per heavy atom. The van der Waals surface area contributed by atoms with Gasteiger partial charge in [-0.05, 0) is 70.3 Å². The largest absolute Gasteiger partial charge is 0.609 e. The van der Waals surface area contributed by atoms with Crippen LogP contribution in [0.15, 0.2) is 83.4 Å². The summed E-state index contributed by atoms with van der Waals surface area (Å²) in [5.41, 5.74) is 14.0. The van der Waals surface area contributed by atoms with Crippen molar-refractivity contribution in [2.75, 3.05) is 73.6 Å². The summed E-state index contributed by atoms with van der Waals surface area (Å²) in [5.74, 6) is 3.05. The number of rotatable bonds is 20. The van der Waals surface area contributed by atoms with Gasteiger partial charge >= 0.3 is 10.3 Å². The predicted molar refractivity (Wildman–Crippen MR) is 273 cm³/mol. The number of imidazole rings is 2. The number of hydrogen-bond donors (Lipinski definition) is 4. The van der Waals surface area contributed by atoms with Crippen molar-refractivity contribution in [3.63, 3.8) is 0 Å². The van der Waals surface area contributed by atoms with Gasteiger partial charge in [0, 0.05) is 96.8 Å². The number of para-hydroxylation sites is 2. The third kappa shape index (κ3) is 14.9. The lowest BCUT2D eigenvalue weighted by Crippen LogP contribution is -2.34. The van der Waals surface area contributed by atoms with Gasteiger partial charge in [-0.3, -0.25) is 24.7 Å². The zero-order chi connectivity index (χ0) is 50.0. The summed E-state index contributed by atoms with van der Waals surface area (Å²) in [5, 5.41) is 4.10. The van der Waals surface area contributed by atoms with Crippen LogP contribution in [-0.2, 0) is 38.6 Å². The molecule has 0 aliphatic heterocycles. The van der Waals surface area contributed by atoms with E-state index < -0.39 is 22.4 Å². The second kappa shape index (κ2) is 26.8. The highest BCUT2D eigenvalue weighted by molar-refractivity contribution is 7.90.